The van der Waals surface area contributed by atoms with E-state index in [-0.39, 0.29) is 6.03 Å². The van der Waals surface area contributed by atoms with Gasteiger partial charge in [-0.2, -0.15) is 0 Å². The molecule has 2 heterocycles. The number of carbonyl (C=O) groups is 1. The van der Waals surface area contributed by atoms with Crippen molar-refractivity contribution in [2.45, 2.75) is 32.4 Å². The lowest BCUT2D eigenvalue weighted by Gasteiger charge is -2.20. The normalized spacial score (nSPS) is 20.6. The number of hydrogen-bond acceptors (Lipinski definition) is 3. The predicted molar refractivity (Wildman–Crippen MR) is 82.6 cm³/mol. The van der Waals surface area contributed by atoms with Gasteiger partial charge in [-0.15, -0.1) is 11.3 Å². The van der Waals surface area contributed by atoms with Gasteiger partial charge in [0.05, 0.1) is 0 Å². The number of hydrogen-bond donors (Lipinski definition) is 2. The number of nitrogens with one attached hydrogen (secondary N) is 2. The summed E-state index contributed by atoms with van der Waals surface area (Å²) in [7, 11) is 0. The molecule has 1 aliphatic heterocycles. The molecule has 2 N–H and O–H groups in total. The van der Waals surface area contributed by atoms with Gasteiger partial charge in [0.1, 0.15) is 0 Å². The molecular weight excluding hydrogens is 326 g/mol. The number of nitrogens with zero attached hydrogens (tertiary/aromatic N) is 1. The van der Waals surface area contributed by atoms with Gasteiger partial charge in [0.2, 0.25) is 0 Å². The molecule has 0 spiro atoms. The van der Waals surface area contributed by atoms with Gasteiger partial charge in [-0.25, -0.2) is 4.79 Å². The third-order valence-electron chi connectivity index (χ3n) is 3.30. The fourth-order valence-electron chi connectivity index (χ4n) is 2.33. The minimum absolute atomic E-state index is 0.0540. The molecule has 4 nitrogen and oxygen atoms in total. The van der Waals surface area contributed by atoms with Gasteiger partial charge in [0.15, 0.2) is 0 Å². The van der Waals surface area contributed by atoms with Crippen molar-refractivity contribution < 1.29 is 4.79 Å². The number of carbonyl (C=O) groups excluding carboxylic acids is 1. The zero-order valence-corrected chi connectivity index (χ0v) is 13.7. The van der Waals surface area contributed by atoms with E-state index in [4.69, 9.17) is 0 Å². The van der Waals surface area contributed by atoms with Crippen LogP contribution in [0.3, 0.4) is 0 Å². The van der Waals surface area contributed by atoms with Gasteiger partial charge in [-0.05, 0) is 42.3 Å². The molecule has 0 aliphatic carbocycles. The molecular formula is C13H20BrN3OS. The highest BCUT2D eigenvalue weighted by Crippen LogP contribution is 2.26. The minimum Gasteiger partial charge on any atom is -0.338 e. The third-order valence-corrected chi connectivity index (χ3v) is 5.18. The SMILES string of the molecule is CCNC(=O)N1CC[C@H](N[C@@H](C)c2cc(Br)cs2)C1. The zero-order valence-electron chi connectivity index (χ0n) is 11.3. The summed E-state index contributed by atoms with van der Waals surface area (Å²) < 4.78 is 1.14. The lowest BCUT2D eigenvalue weighted by atomic mass is 10.2. The molecule has 2 amide bonds. The van der Waals surface area contributed by atoms with E-state index < -0.39 is 0 Å². The van der Waals surface area contributed by atoms with Crippen molar-refractivity contribution in [1.29, 1.82) is 0 Å². The molecule has 0 aromatic carbocycles. The largest absolute Gasteiger partial charge is 0.338 e. The van der Waals surface area contributed by atoms with E-state index in [1.165, 1.54) is 4.88 Å². The van der Waals surface area contributed by atoms with E-state index in [2.05, 4.69) is 44.9 Å². The van der Waals surface area contributed by atoms with Gasteiger partial charge >= 0.3 is 6.03 Å². The monoisotopic (exact) mass is 345 g/mol. The number of amides is 2. The number of likely N-dealkylation sites (tertiary alicyclic amines) is 1. The zero-order chi connectivity index (χ0) is 13.8. The summed E-state index contributed by atoms with van der Waals surface area (Å²) in [5.41, 5.74) is 0. The Balaban J connectivity index is 1.83. The van der Waals surface area contributed by atoms with Crippen molar-refractivity contribution in [2.24, 2.45) is 0 Å². The highest BCUT2D eigenvalue weighted by molar-refractivity contribution is 9.10. The Kier molecular flexibility index (Phi) is 5.24. The molecule has 0 bridgehead atoms. The first-order valence-corrected chi connectivity index (χ1v) is 8.30. The molecule has 0 radical (unpaired) electrons. The summed E-state index contributed by atoms with van der Waals surface area (Å²) in [6, 6.07) is 2.92. The van der Waals surface area contributed by atoms with Gasteiger partial charge in [0.25, 0.3) is 0 Å². The summed E-state index contributed by atoms with van der Waals surface area (Å²) in [4.78, 5) is 14.9. The first kappa shape index (κ1) is 14.8. The molecule has 106 valence electrons. The Labute approximate surface area is 126 Å². The third kappa shape index (κ3) is 3.94. The van der Waals surface area contributed by atoms with Crippen molar-refractivity contribution in [3.8, 4) is 0 Å². The van der Waals surface area contributed by atoms with Crippen LogP contribution in [-0.4, -0.2) is 36.6 Å². The molecule has 6 heteroatoms. The van der Waals surface area contributed by atoms with Crippen molar-refractivity contribution in [3.63, 3.8) is 0 Å². The van der Waals surface area contributed by atoms with Crippen LogP contribution in [0.1, 0.15) is 31.2 Å². The molecule has 2 rings (SSSR count). The van der Waals surface area contributed by atoms with E-state index in [1.54, 1.807) is 11.3 Å². The van der Waals surface area contributed by atoms with Crippen molar-refractivity contribution >= 4 is 33.3 Å². The van der Waals surface area contributed by atoms with Crippen LogP contribution in [0.25, 0.3) is 0 Å². The van der Waals surface area contributed by atoms with E-state index >= 15 is 0 Å². The number of rotatable bonds is 4. The molecule has 0 unspecified atom stereocenters. The molecule has 1 saturated heterocycles. The minimum atomic E-state index is 0.0540. The van der Waals surface area contributed by atoms with Crippen LogP contribution < -0.4 is 10.6 Å². The van der Waals surface area contributed by atoms with Crippen molar-refractivity contribution in [2.75, 3.05) is 19.6 Å². The van der Waals surface area contributed by atoms with E-state index in [9.17, 15) is 4.79 Å². The first-order valence-electron chi connectivity index (χ1n) is 6.63. The van der Waals surface area contributed by atoms with E-state index in [0.29, 0.717) is 18.6 Å². The molecule has 1 fully saturated rings. The summed E-state index contributed by atoms with van der Waals surface area (Å²) in [6.45, 7) is 6.44. The Hall–Kier alpha value is -0.590. The quantitative estimate of drug-likeness (QED) is 0.880. The Morgan fingerprint density at radius 3 is 3.11 bits per heavy atom. The van der Waals surface area contributed by atoms with E-state index in [1.807, 2.05) is 11.8 Å². The smallest absolute Gasteiger partial charge is 0.317 e. The van der Waals surface area contributed by atoms with Crippen LogP contribution in [0.4, 0.5) is 4.79 Å². The van der Waals surface area contributed by atoms with Crippen LogP contribution in [0, 0.1) is 0 Å². The van der Waals surface area contributed by atoms with Crippen LogP contribution in [-0.2, 0) is 0 Å². The second kappa shape index (κ2) is 6.72. The Morgan fingerprint density at radius 2 is 2.47 bits per heavy atom. The summed E-state index contributed by atoms with van der Waals surface area (Å²) >= 11 is 5.23. The fourth-order valence-corrected chi connectivity index (χ4v) is 3.80. The fraction of sp³-hybridized carbons (Fsp3) is 0.615. The first-order chi connectivity index (χ1) is 9.10. The average molecular weight is 346 g/mol. The van der Waals surface area contributed by atoms with Gasteiger partial charge < -0.3 is 15.5 Å². The molecule has 1 aromatic heterocycles. The predicted octanol–water partition coefficient (Wildman–Crippen LogP) is 2.97. The molecule has 19 heavy (non-hydrogen) atoms. The maximum atomic E-state index is 11.7. The van der Waals surface area contributed by atoms with Gasteiger partial charge in [0, 0.05) is 46.4 Å². The maximum Gasteiger partial charge on any atom is 0.317 e. The summed E-state index contributed by atoms with van der Waals surface area (Å²) in [6.07, 6.45) is 1.02. The number of thiophene rings is 1. The number of halogens is 1. The standard InChI is InChI=1S/C13H20BrN3OS/c1-3-15-13(18)17-5-4-11(7-17)16-9(2)12-6-10(14)8-19-12/h6,8-9,11,16H,3-5,7H2,1-2H3,(H,15,18)/t9-,11-/m0/s1. The van der Waals surface area contributed by atoms with Gasteiger partial charge in [-0.1, -0.05) is 0 Å². The second-order valence-electron chi connectivity index (χ2n) is 4.82. The highest BCUT2D eigenvalue weighted by atomic mass is 79.9. The number of urea groups is 1. The van der Waals surface area contributed by atoms with Crippen LogP contribution in [0.15, 0.2) is 15.9 Å². The maximum absolute atomic E-state index is 11.7. The van der Waals surface area contributed by atoms with Crippen molar-refractivity contribution in [1.82, 2.24) is 15.5 Å². The molecule has 0 saturated carbocycles. The average Bonchev–Trinajstić information content (AvgIpc) is 2.98. The molecule has 1 aliphatic rings. The van der Waals surface area contributed by atoms with Crippen LogP contribution in [0.5, 0.6) is 0 Å². The van der Waals surface area contributed by atoms with Crippen molar-refractivity contribution in [3.05, 3.63) is 20.8 Å². The lowest BCUT2D eigenvalue weighted by Crippen LogP contribution is -2.41. The topological polar surface area (TPSA) is 44.4 Å². The second-order valence-corrected chi connectivity index (χ2v) is 6.68. The van der Waals surface area contributed by atoms with Crippen LogP contribution >= 0.6 is 27.3 Å². The molecule has 2 atom stereocenters. The Morgan fingerprint density at radius 1 is 1.68 bits per heavy atom. The Bertz CT molecular complexity index is 437. The van der Waals surface area contributed by atoms with Gasteiger partial charge in [-0.3, -0.25) is 0 Å². The lowest BCUT2D eigenvalue weighted by molar-refractivity contribution is 0.208. The summed E-state index contributed by atoms with van der Waals surface area (Å²) in [5.74, 6) is 0. The molecule has 1 aromatic rings. The van der Waals surface area contributed by atoms with Crippen LogP contribution in [0.2, 0.25) is 0 Å². The summed E-state index contributed by atoms with van der Waals surface area (Å²) in [5, 5.41) is 8.56. The van der Waals surface area contributed by atoms with E-state index in [0.717, 1.165) is 24.0 Å². The highest BCUT2D eigenvalue weighted by Gasteiger charge is 2.27.